The van der Waals surface area contributed by atoms with E-state index in [4.69, 9.17) is 5.73 Å². The average molecular weight is 412 g/mol. The largest absolute Gasteiger partial charge is 0.383 e. The van der Waals surface area contributed by atoms with Crippen LogP contribution < -0.4 is 5.73 Å². The van der Waals surface area contributed by atoms with Gasteiger partial charge in [-0.3, -0.25) is 9.88 Å². The van der Waals surface area contributed by atoms with E-state index in [0.29, 0.717) is 30.2 Å². The second-order valence-electron chi connectivity index (χ2n) is 8.49. The minimum absolute atomic E-state index is 0.215. The highest BCUT2D eigenvalue weighted by Crippen LogP contribution is 2.51. The first-order chi connectivity index (χ1) is 14.1. The molecule has 0 spiro atoms. The van der Waals surface area contributed by atoms with E-state index in [9.17, 15) is 4.39 Å². The topological polar surface area (TPSA) is 67.9 Å². The highest BCUT2D eigenvalue weighted by Gasteiger charge is 2.37. The number of nitrogens with two attached hydrogens (primary N) is 1. The molecule has 2 N–H and O–H groups in total. The maximum Gasteiger partial charge on any atom is 0.145 e. The zero-order chi connectivity index (χ0) is 20.0. The molecule has 1 saturated carbocycles. The number of anilines is 1. The zero-order valence-electron chi connectivity index (χ0n) is 16.6. The van der Waals surface area contributed by atoms with Crippen LogP contribution in [0.25, 0.3) is 10.2 Å². The van der Waals surface area contributed by atoms with Gasteiger partial charge in [-0.2, -0.15) is 0 Å². The molecular formula is C22H26FN5S. The highest BCUT2D eigenvalue weighted by atomic mass is 32.1. The van der Waals surface area contributed by atoms with Gasteiger partial charge in [0.2, 0.25) is 0 Å². The Morgan fingerprint density at radius 1 is 1.28 bits per heavy atom. The summed E-state index contributed by atoms with van der Waals surface area (Å²) in [6, 6.07) is 2.26. The van der Waals surface area contributed by atoms with Crippen molar-refractivity contribution in [1.29, 1.82) is 0 Å². The van der Waals surface area contributed by atoms with E-state index < -0.39 is 0 Å². The summed E-state index contributed by atoms with van der Waals surface area (Å²) < 4.78 is 14.0. The number of fused-ring (bicyclic) bond motifs is 3. The number of hydrogen-bond donors (Lipinski definition) is 1. The summed E-state index contributed by atoms with van der Waals surface area (Å²) in [6.07, 6.45) is 11.7. The van der Waals surface area contributed by atoms with Crippen molar-refractivity contribution in [3.63, 3.8) is 0 Å². The summed E-state index contributed by atoms with van der Waals surface area (Å²) in [6.45, 7) is 0.629. The van der Waals surface area contributed by atoms with Crippen LogP contribution in [-0.2, 0) is 13.0 Å². The number of pyridine rings is 1. The van der Waals surface area contributed by atoms with Crippen molar-refractivity contribution in [2.45, 2.75) is 57.0 Å². The summed E-state index contributed by atoms with van der Waals surface area (Å²) in [5.74, 6) is 1.59. The second kappa shape index (κ2) is 7.61. The maximum atomic E-state index is 14.0. The van der Waals surface area contributed by atoms with Crippen LogP contribution in [0.5, 0.6) is 0 Å². The van der Waals surface area contributed by atoms with Crippen molar-refractivity contribution < 1.29 is 4.39 Å². The summed E-state index contributed by atoms with van der Waals surface area (Å²) in [5.41, 5.74) is 8.40. The fraction of sp³-hybridized carbons (Fsp3) is 0.500. The molecule has 0 aromatic carbocycles. The lowest BCUT2D eigenvalue weighted by Gasteiger charge is -2.38. The molecule has 3 atom stereocenters. The van der Waals surface area contributed by atoms with Gasteiger partial charge in [0.15, 0.2) is 0 Å². The van der Waals surface area contributed by atoms with Crippen LogP contribution in [0.4, 0.5) is 10.2 Å². The van der Waals surface area contributed by atoms with Crippen LogP contribution in [-0.4, -0.2) is 32.9 Å². The summed E-state index contributed by atoms with van der Waals surface area (Å²) in [4.78, 5) is 17.4. The lowest BCUT2D eigenvalue weighted by atomic mass is 9.75. The Balaban J connectivity index is 1.36. The van der Waals surface area contributed by atoms with Crippen LogP contribution >= 0.6 is 11.3 Å². The first-order valence-corrected chi connectivity index (χ1v) is 11.2. The van der Waals surface area contributed by atoms with Crippen LogP contribution in [0.1, 0.15) is 54.0 Å². The number of aromatic nitrogens is 3. The van der Waals surface area contributed by atoms with Crippen molar-refractivity contribution in [1.82, 2.24) is 19.9 Å². The normalized spacial score (nSPS) is 24.3. The first-order valence-electron chi connectivity index (χ1n) is 10.4. The highest BCUT2D eigenvalue weighted by molar-refractivity contribution is 7.19. The Morgan fingerprint density at radius 2 is 2.17 bits per heavy atom. The number of halogens is 1. The van der Waals surface area contributed by atoms with Crippen LogP contribution in [0.2, 0.25) is 0 Å². The smallest absolute Gasteiger partial charge is 0.145 e. The quantitative estimate of drug-likeness (QED) is 0.683. The molecule has 2 unspecified atom stereocenters. The Kier molecular flexibility index (Phi) is 4.95. The molecule has 1 fully saturated rings. The number of hydrogen-bond acceptors (Lipinski definition) is 6. The van der Waals surface area contributed by atoms with E-state index in [1.807, 2.05) is 0 Å². The van der Waals surface area contributed by atoms with E-state index in [1.165, 1.54) is 42.3 Å². The van der Waals surface area contributed by atoms with Gasteiger partial charge in [0.05, 0.1) is 11.6 Å². The molecule has 3 aromatic rings. The number of thiophene rings is 1. The number of rotatable bonds is 4. The molecule has 152 valence electrons. The molecule has 2 aliphatic carbocycles. The van der Waals surface area contributed by atoms with E-state index in [2.05, 4.69) is 26.9 Å². The predicted molar refractivity (Wildman–Crippen MR) is 114 cm³/mol. The third-order valence-corrected chi connectivity index (χ3v) is 8.01. The summed E-state index contributed by atoms with van der Waals surface area (Å²) in [5, 5.41) is 1.10. The molecule has 2 aliphatic rings. The minimum atomic E-state index is -0.215. The molecule has 0 amide bonds. The Bertz CT molecular complexity index is 1040. The monoisotopic (exact) mass is 411 g/mol. The van der Waals surface area contributed by atoms with E-state index in [-0.39, 0.29) is 5.82 Å². The van der Waals surface area contributed by atoms with Gasteiger partial charge in [-0.25, -0.2) is 14.4 Å². The van der Waals surface area contributed by atoms with Gasteiger partial charge >= 0.3 is 0 Å². The van der Waals surface area contributed by atoms with Crippen molar-refractivity contribution in [2.24, 2.45) is 5.92 Å². The molecule has 0 radical (unpaired) electrons. The maximum absolute atomic E-state index is 14.0. The summed E-state index contributed by atoms with van der Waals surface area (Å²) >= 11 is 1.79. The van der Waals surface area contributed by atoms with Gasteiger partial charge in [-0.1, -0.05) is 6.42 Å². The minimum Gasteiger partial charge on any atom is -0.383 e. The van der Waals surface area contributed by atoms with Crippen LogP contribution in [0, 0.1) is 11.7 Å². The number of aryl methyl sites for hydroxylation is 1. The first kappa shape index (κ1) is 18.9. The van der Waals surface area contributed by atoms with Crippen molar-refractivity contribution >= 4 is 27.4 Å². The molecule has 0 bridgehead atoms. The Hall–Kier alpha value is -2.12. The predicted octanol–water partition coefficient (Wildman–Crippen LogP) is 4.53. The number of nitrogens with zero attached hydrogens (tertiary/aromatic N) is 4. The van der Waals surface area contributed by atoms with E-state index in [0.717, 1.165) is 28.6 Å². The van der Waals surface area contributed by atoms with Gasteiger partial charge in [0.1, 0.15) is 22.8 Å². The molecule has 7 heteroatoms. The van der Waals surface area contributed by atoms with Crippen LogP contribution in [0.3, 0.4) is 0 Å². The second-order valence-corrected chi connectivity index (χ2v) is 9.57. The lowest BCUT2D eigenvalue weighted by molar-refractivity contribution is 0.138. The lowest BCUT2D eigenvalue weighted by Crippen LogP contribution is -2.37. The van der Waals surface area contributed by atoms with Gasteiger partial charge in [-0.15, -0.1) is 11.3 Å². The number of nitrogen functional groups attached to an aromatic ring is 1. The molecule has 5 rings (SSSR count). The SMILES string of the molecule is CN(Cc1ccncc1F)[C@H]1CCCC(C2CCc3sc4ncnc(N)c4c32)C1. The molecule has 3 aromatic heterocycles. The summed E-state index contributed by atoms with van der Waals surface area (Å²) in [7, 11) is 2.12. The third-order valence-electron chi connectivity index (χ3n) is 6.84. The van der Waals surface area contributed by atoms with Gasteiger partial charge in [0.25, 0.3) is 0 Å². The van der Waals surface area contributed by atoms with E-state index >= 15 is 0 Å². The zero-order valence-corrected chi connectivity index (χ0v) is 17.5. The molecule has 0 saturated heterocycles. The van der Waals surface area contributed by atoms with Crippen molar-refractivity contribution in [3.05, 3.63) is 46.6 Å². The fourth-order valence-electron chi connectivity index (χ4n) is 5.40. The molecule has 5 nitrogen and oxygen atoms in total. The molecule has 3 heterocycles. The van der Waals surface area contributed by atoms with Crippen molar-refractivity contribution in [2.75, 3.05) is 12.8 Å². The molecule has 0 aliphatic heterocycles. The Morgan fingerprint density at radius 3 is 3.03 bits per heavy atom. The van der Waals surface area contributed by atoms with Crippen molar-refractivity contribution in [3.8, 4) is 0 Å². The fourth-order valence-corrected chi connectivity index (χ4v) is 6.63. The third kappa shape index (κ3) is 3.40. The molecular weight excluding hydrogens is 385 g/mol. The van der Waals surface area contributed by atoms with Gasteiger partial charge < -0.3 is 5.73 Å². The van der Waals surface area contributed by atoms with Gasteiger partial charge in [0, 0.05) is 29.2 Å². The Labute approximate surface area is 174 Å². The van der Waals surface area contributed by atoms with Gasteiger partial charge in [-0.05, 0) is 62.6 Å². The molecule has 29 heavy (non-hydrogen) atoms. The average Bonchev–Trinajstić information content (AvgIpc) is 3.29. The van der Waals surface area contributed by atoms with Crippen LogP contribution in [0.15, 0.2) is 24.8 Å². The standard InChI is InChI=1S/C22H26FN5S/c1-28(11-14-7-8-25-10-17(14)23)15-4-2-3-13(9-15)16-5-6-18-19(16)20-21(24)26-12-27-22(20)29-18/h7-8,10,12-13,15-16H,2-6,9,11H2,1H3,(H2,24,26,27)/t13?,15-,16?/m0/s1. The van der Waals surface area contributed by atoms with E-state index in [1.54, 1.807) is 29.9 Å².